The quantitative estimate of drug-likeness (QED) is 0.455. The first kappa shape index (κ1) is 33.7. The van der Waals surface area contributed by atoms with E-state index in [0.29, 0.717) is 6.41 Å². The first-order valence-electron chi connectivity index (χ1n) is 11.5. The van der Waals surface area contributed by atoms with Crippen LogP contribution >= 0.6 is 0 Å². The van der Waals surface area contributed by atoms with Gasteiger partial charge in [0.15, 0.2) is 0 Å². The molecule has 184 valence electrons. The van der Waals surface area contributed by atoms with Gasteiger partial charge >= 0.3 is 5.97 Å². The number of aliphatic carboxylic acids is 1. The minimum Gasteiger partial charge on any atom is -0.478 e. The minimum atomic E-state index is -1.01. The summed E-state index contributed by atoms with van der Waals surface area (Å²) in [5.74, 6) is -0.460. The summed E-state index contributed by atoms with van der Waals surface area (Å²) in [6, 6.07) is 0.769. The summed E-state index contributed by atoms with van der Waals surface area (Å²) in [6.07, 6.45) is 7.39. The average Bonchev–Trinajstić information content (AvgIpc) is 2.71. The van der Waals surface area contributed by atoms with Crippen LogP contribution in [-0.4, -0.2) is 72.5 Å². The molecule has 1 aliphatic heterocycles. The SMILES string of the molecule is C/C(=C\CN(C)C(=O)CNC=O)C(=O)O.CC(C)C.CC(C)N1CCCCC1.CCC. The molecule has 1 fully saturated rings. The zero-order valence-corrected chi connectivity index (χ0v) is 21.5. The van der Waals surface area contributed by atoms with Crippen molar-refractivity contribution in [1.82, 2.24) is 15.1 Å². The fraction of sp³-hybridized carbons (Fsp3) is 0.792. The predicted molar refractivity (Wildman–Crippen MR) is 130 cm³/mol. The highest BCUT2D eigenvalue weighted by Gasteiger charge is 2.11. The Kier molecular flexibility index (Phi) is 24.8. The normalized spacial score (nSPS) is 13.6. The molecule has 0 aromatic heterocycles. The van der Waals surface area contributed by atoms with Crippen molar-refractivity contribution >= 4 is 18.3 Å². The van der Waals surface area contributed by atoms with Gasteiger partial charge in [-0.3, -0.25) is 9.59 Å². The summed E-state index contributed by atoms with van der Waals surface area (Å²) < 4.78 is 0. The van der Waals surface area contributed by atoms with Crippen molar-refractivity contribution in [1.29, 1.82) is 0 Å². The van der Waals surface area contributed by atoms with E-state index in [-0.39, 0.29) is 24.6 Å². The molecule has 0 unspecified atom stereocenters. The minimum absolute atomic E-state index is 0.0834. The molecule has 0 aromatic rings. The van der Waals surface area contributed by atoms with Crippen molar-refractivity contribution in [2.75, 3.05) is 33.2 Å². The standard InChI is InChI=1S/C9H14N2O4.C8H17N.C4H10.C3H8/c1-7(9(14)15)3-4-11(2)8(13)5-10-6-12;1-8(2)9-6-4-3-5-7-9;1-4(2)3;1-3-2/h3,6H,4-5H2,1-2H3,(H,10,12)(H,14,15);8H,3-7H2,1-2H3;4H,1-3H3;3H2,1-2H3/b7-3+;;;. The molecular formula is C24H49N3O4. The van der Waals surface area contributed by atoms with Crippen molar-refractivity contribution in [2.45, 2.75) is 87.1 Å². The number of rotatable bonds is 7. The molecule has 7 heteroatoms. The molecule has 0 radical (unpaired) electrons. The number of carbonyl (C=O) groups excluding carboxylic acids is 2. The Morgan fingerprint density at radius 1 is 1.06 bits per heavy atom. The van der Waals surface area contributed by atoms with E-state index in [1.165, 1.54) is 63.7 Å². The Balaban J connectivity index is -0.000000411. The van der Waals surface area contributed by atoms with Gasteiger partial charge in [-0.15, -0.1) is 0 Å². The number of likely N-dealkylation sites (tertiary alicyclic amines) is 1. The van der Waals surface area contributed by atoms with Gasteiger partial charge in [-0.2, -0.15) is 0 Å². The molecule has 0 bridgehead atoms. The molecule has 2 N–H and O–H groups in total. The van der Waals surface area contributed by atoms with Crippen LogP contribution in [0.4, 0.5) is 0 Å². The van der Waals surface area contributed by atoms with E-state index in [0.717, 1.165) is 12.0 Å². The molecule has 0 saturated carbocycles. The Morgan fingerprint density at radius 2 is 1.52 bits per heavy atom. The van der Waals surface area contributed by atoms with Crippen LogP contribution in [0.1, 0.15) is 81.1 Å². The lowest BCUT2D eigenvalue weighted by Gasteiger charge is -2.29. The number of nitrogens with one attached hydrogen (secondary N) is 1. The molecule has 7 nitrogen and oxygen atoms in total. The van der Waals surface area contributed by atoms with Crippen molar-refractivity contribution in [2.24, 2.45) is 5.92 Å². The van der Waals surface area contributed by atoms with E-state index >= 15 is 0 Å². The third kappa shape index (κ3) is 26.1. The second-order valence-corrected chi connectivity index (χ2v) is 8.59. The highest BCUT2D eigenvalue weighted by atomic mass is 16.4. The van der Waals surface area contributed by atoms with Crippen molar-refractivity contribution in [3.05, 3.63) is 11.6 Å². The van der Waals surface area contributed by atoms with Crippen LogP contribution in [0.2, 0.25) is 0 Å². The maximum Gasteiger partial charge on any atom is 0.331 e. The molecular weight excluding hydrogens is 394 g/mol. The first-order chi connectivity index (χ1) is 14.4. The van der Waals surface area contributed by atoms with Gasteiger partial charge in [0.2, 0.25) is 12.3 Å². The monoisotopic (exact) mass is 443 g/mol. The maximum atomic E-state index is 11.2. The summed E-state index contributed by atoms with van der Waals surface area (Å²) >= 11 is 0. The van der Waals surface area contributed by atoms with Crippen LogP contribution in [0.3, 0.4) is 0 Å². The number of hydrogen-bond donors (Lipinski definition) is 2. The summed E-state index contributed by atoms with van der Waals surface area (Å²) in [6.45, 7) is 19.5. The smallest absolute Gasteiger partial charge is 0.331 e. The third-order valence-electron chi connectivity index (χ3n) is 3.89. The van der Waals surface area contributed by atoms with E-state index in [1.54, 1.807) is 0 Å². The van der Waals surface area contributed by atoms with E-state index in [4.69, 9.17) is 5.11 Å². The number of hydrogen-bond acceptors (Lipinski definition) is 4. The van der Waals surface area contributed by atoms with Gasteiger partial charge in [0, 0.05) is 25.2 Å². The van der Waals surface area contributed by atoms with Gasteiger partial charge in [-0.1, -0.05) is 53.5 Å². The Bertz CT molecular complexity index is 482. The average molecular weight is 444 g/mol. The van der Waals surface area contributed by atoms with E-state index in [2.05, 4.69) is 58.7 Å². The fourth-order valence-corrected chi connectivity index (χ4v) is 2.16. The summed E-state index contributed by atoms with van der Waals surface area (Å²) in [4.78, 5) is 35.4. The largest absolute Gasteiger partial charge is 0.478 e. The van der Waals surface area contributed by atoms with Gasteiger partial charge in [0.05, 0.1) is 6.54 Å². The van der Waals surface area contributed by atoms with Gasteiger partial charge in [-0.25, -0.2) is 4.79 Å². The molecule has 31 heavy (non-hydrogen) atoms. The van der Waals surface area contributed by atoms with Crippen molar-refractivity contribution in [3.8, 4) is 0 Å². The Hall–Kier alpha value is -1.89. The van der Waals surface area contributed by atoms with E-state index < -0.39 is 5.97 Å². The van der Waals surface area contributed by atoms with Crippen LogP contribution in [-0.2, 0) is 14.4 Å². The van der Waals surface area contributed by atoms with Crippen LogP contribution in [0.5, 0.6) is 0 Å². The molecule has 0 atom stereocenters. The summed E-state index contributed by atoms with van der Waals surface area (Å²) in [5.41, 5.74) is 0.179. The first-order valence-corrected chi connectivity index (χ1v) is 11.5. The van der Waals surface area contributed by atoms with Gasteiger partial charge in [-0.05, 0) is 52.6 Å². The number of carboxylic acids is 1. The topological polar surface area (TPSA) is 90.0 Å². The lowest BCUT2D eigenvalue weighted by atomic mass is 10.1. The van der Waals surface area contributed by atoms with Gasteiger partial charge in [0.1, 0.15) is 0 Å². The molecule has 1 rings (SSSR count). The van der Waals surface area contributed by atoms with Crippen LogP contribution in [0.25, 0.3) is 0 Å². The zero-order valence-electron chi connectivity index (χ0n) is 21.5. The maximum absolute atomic E-state index is 11.2. The van der Waals surface area contributed by atoms with Crippen molar-refractivity contribution < 1.29 is 19.5 Å². The van der Waals surface area contributed by atoms with Gasteiger partial charge < -0.3 is 20.2 Å². The van der Waals surface area contributed by atoms with Crippen LogP contribution in [0, 0.1) is 5.92 Å². The molecule has 0 aliphatic carbocycles. The number of likely N-dealkylation sites (N-methyl/N-ethyl adjacent to an activating group) is 1. The molecule has 2 amide bonds. The van der Waals surface area contributed by atoms with Crippen molar-refractivity contribution in [3.63, 3.8) is 0 Å². The third-order valence-corrected chi connectivity index (χ3v) is 3.89. The highest BCUT2D eigenvalue weighted by molar-refractivity contribution is 5.86. The molecule has 0 aromatic carbocycles. The molecule has 1 heterocycles. The lowest BCUT2D eigenvalue weighted by molar-refractivity contribution is -0.133. The van der Waals surface area contributed by atoms with E-state index in [9.17, 15) is 14.4 Å². The fourth-order valence-electron chi connectivity index (χ4n) is 2.16. The van der Waals surface area contributed by atoms with Gasteiger partial charge in [0.25, 0.3) is 0 Å². The molecule has 1 saturated heterocycles. The van der Waals surface area contributed by atoms with E-state index in [1.807, 2.05) is 0 Å². The number of piperidine rings is 1. The number of nitrogens with zero attached hydrogens (tertiary/aromatic N) is 2. The van der Waals surface area contributed by atoms with Crippen LogP contribution < -0.4 is 5.32 Å². The number of amides is 2. The zero-order chi connectivity index (χ0) is 24.8. The second-order valence-electron chi connectivity index (χ2n) is 8.59. The summed E-state index contributed by atoms with van der Waals surface area (Å²) in [5, 5.41) is 10.8. The highest BCUT2D eigenvalue weighted by Crippen LogP contribution is 2.10. The Labute approximate surface area is 191 Å². The summed E-state index contributed by atoms with van der Waals surface area (Å²) in [7, 11) is 1.53. The molecule has 0 spiro atoms. The lowest BCUT2D eigenvalue weighted by Crippen LogP contribution is -2.35. The number of carboxylic acid groups (broad SMARTS) is 1. The second kappa shape index (κ2) is 22.8. The Morgan fingerprint density at radius 3 is 1.84 bits per heavy atom. The molecule has 1 aliphatic rings. The predicted octanol–water partition coefficient (Wildman–Crippen LogP) is 4.18. The number of carbonyl (C=O) groups is 3. The van der Waals surface area contributed by atoms with Crippen LogP contribution in [0.15, 0.2) is 11.6 Å².